The average Bonchev–Trinajstić information content (AvgIpc) is 3.35. The van der Waals surface area contributed by atoms with E-state index in [0.29, 0.717) is 11.8 Å². The zero-order valence-electron chi connectivity index (χ0n) is 13.0. The third kappa shape index (κ3) is 2.89. The van der Waals surface area contributed by atoms with E-state index in [1.807, 2.05) is 0 Å². The SMILES string of the molecule is CCc1ccc(CC)c(C(N)C2CC2c2ccccc2)c1. The van der Waals surface area contributed by atoms with Gasteiger partial charge in [-0.1, -0.05) is 62.4 Å². The first-order chi connectivity index (χ1) is 10.2. The van der Waals surface area contributed by atoms with Gasteiger partial charge in [-0.3, -0.25) is 0 Å². The Hall–Kier alpha value is -1.60. The van der Waals surface area contributed by atoms with Crippen molar-refractivity contribution < 1.29 is 0 Å². The van der Waals surface area contributed by atoms with Gasteiger partial charge in [0.05, 0.1) is 0 Å². The van der Waals surface area contributed by atoms with Gasteiger partial charge >= 0.3 is 0 Å². The predicted octanol–water partition coefficient (Wildman–Crippen LogP) is 4.61. The van der Waals surface area contributed by atoms with Crippen molar-refractivity contribution in [3.8, 4) is 0 Å². The Balaban J connectivity index is 1.82. The molecule has 0 amide bonds. The maximum atomic E-state index is 6.63. The Kier molecular flexibility index (Phi) is 4.12. The van der Waals surface area contributed by atoms with Crippen LogP contribution in [0, 0.1) is 5.92 Å². The molecule has 3 atom stereocenters. The molecule has 0 radical (unpaired) electrons. The van der Waals surface area contributed by atoms with E-state index < -0.39 is 0 Å². The second-order valence-electron chi connectivity index (χ2n) is 6.18. The number of hydrogen-bond donors (Lipinski definition) is 1. The lowest BCUT2D eigenvalue weighted by molar-refractivity contribution is 0.609. The number of nitrogens with two attached hydrogens (primary N) is 1. The first-order valence-corrected chi connectivity index (χ1v) is 8.16. The number of hydrogen-bond acceptors (Lipinski definition) is 1. The van der Waals surface area contributed by atoms with Gasteiger partial charge in [0.25, 0.3) is 0 Å². The van der Waals surface area contributed by atoms with Crippen LogP contribution in [0.5, 0.6) is 0 Å². The molecule has 0 aromatic heterocycles. The molecule has 2 aromatic rings. The summed E-state index contributed by atoms with van der Waals surface area (Å²) in [6, 6.07) is 17.9. The molecule has 3 unspecified atom stereocenters. The molecule has 1 heteroatoms. The summed E-state index contributed by atoms with van der Waals surface area (Å²) in [5.74, 6) is 1.25. The predicted molar refractivity (Wildman–Crippen MR) is 89.4 cm³/mol. The molecule has 0 bridgehead atoms. The highest BCUT2D eigenvalue weighted by Crippen LogP contribution is 2.53. The van der Waals surface area contributed by atoms with Crippen LogP contribution in [0.25, 0.3) is 0 Å². The third-order valence-corrected chi connectivity index (χ3v) is 4.89. The maximum absolute atomic E-state index is 6.63. The molecule has 1 nitrogen and oxygen atoms in total. The molecule has 0 saturated heterocycles. The lowest BCUT2D eigenvalue weighted by Gasteiger charge is -2.17. The first-order valence-electron chi connectivity index (χ1n) is 8.16. The molecule has 3 rings (SSSR count). The zero-order chi connectivity index (χ0) is 14.8. The average molecular weight is 279 g/mol. The van der Waals surface area contributed by atoms with Crippen LogP contribution < -0.4 is 5.73 Å². The van der Waals surface area contributed by atoms with Crippen molar-refractivity contribution in [2.45, 2.75) is 45.1 Å². The Labute approximate surface area is 128 Å². The Bertz CT molecular complexity index is 602. The lowest BCUT2D eigenvalue weighted by atomic mass is 9.92. The van der Waals surface area contributed by atoms with Crippen molar-refractivity contribution in [1.29, 1.82) is 0 Å². The number of benzene rings is 2. The van der Waals surface area contributed by atoms with E-state index in [9.17, 15) is 0 Å². The van der Waals surface area contributed by atoms with Crippen LogP contribution in [0.1, 0.15) is 54.5 Å². The van der Waals surface area contributed by atoms with Crippen molar-refractivity contribution in [2.75, 3.05) is 0 Å². The molecule has 1 saturated carbocycles. The summed E-state index contributed by atoms with van der Waals surface area (Å²) in [6.45, 7) is 4.43. The minimum Gasteiger partial charge on any atom is -0.324 e. The summed E-state index contributed by atoms with van der Waals surface area (Å²) in [6.07, 6.45) is 3.37. The van der Waals surface area contributed by atoms with E-state index in [0.717, 1.165) is 12.8 Å². The zero-order valence-corrected chi connectivity index (χ0v) is 13.0. The van der Waals surface area contributed by atoms with Crippen molar-refractivity contribution in [3.63, 3.8) is 0 Å². The van der Waals surface area contributed by atoms with Gasteiger partial charge in [-0.2, -0.15) is 0 Å². The van der Waals surface area contributed by atoms with Crippen LogP contribution >= 0.6 is 0 Å². The molecule has 0 heterocycles. The Morgan fingerprint density at radius 2 is 1.81 bits per heavy atom. The smallest absolute Gasteiger partial charge is 0.0332 e. The highest BCUT2D eigenvalue weighted by atomic mass is 14.7. The van der Waals surface area contributed by atoms with E-state index in [1.165, 1.54) is 28.7 Å². The molecule has 0 spiro atoms. The van der Waals surface area contributed by atoms with Crippen LogP contribution in [-0.4, -0.2) is 0 Å². The van der Waals surface area contributed by atoms with E-state index in [4.69, 9.17) is 5.73 Å². The highest BCUT2D eigenvalue weighted by Gasteiger charge is 2.43. The van der Waals surface area contributed by atoms with E-state index in [1.54, 1.807) is 0 Å². The summed E-state index contributed by atoms with van der Waals surface area (Å²) in [4.78, 5) is 0. The third-order valence-electron chi connectivity index (χ3n) is 4.89. The van der Waals surface area contributed by atoms with Crippen LogP contribution in [-0.2, 0) is 12.8 Å². The normalized spacial score (nSPS) is 22.0. The summed E-state index contributed by atoms with van der Waals surface area (Å²) >= 11 is 0. The summed E-state index contributed by atoms with van der Waals surface area (Å²) in [7, 11) is 0. The topological polar surface area (TPSA) is 26.0 Å². The van der Waals surface area contributed by atoms with Crippen molar-refractivity contribution in [1.82, 2.24) is 0 Å². The summed E-state index contributed by atoms with van der Waals surface area (Å²) in [5, 5.41) is 0. The fourth-order valence-corrected chi connectivity index (χ4v) is 3.42. The second-order valence-corrected chi connectivity index (χ2v) is 6.18. The highest BCUT2D eigenvalue weighted by molar-refractivity contribution is 5.37. The van der Waals surface area contributed by atoms with Crippen molar-refractivity contribution in [3.05, 3.63) is 70.8 Å². The number of rotatable bonds is 5. The van der Waals surface area contributed by atoms with Gasteiger partial charge in [0.2, 0.25) is 0 Å². The van der Waals surface area contributed by atoms with E-state index >= 15 is 0 Å². The van der Waals surface area contributed by atoms with Crippen LogP contribution in [0.15, 0.2) is 48.5 Å². The summed E-state index contributed by atoms with van der Waals surface area (Å²) in [5.41, 5.74) is 12.3. The molecule has 1 fully saturated rings. The molecule has 2 N–H and O–H groups in total. The molecule has 110 valence electrons. The van der Waals surface area contributed by atoms with Gasteiger partial charge in [-0.15, -0.1) is 0 Å². The molecular weight excluding hydrogens is 254 g/mol. The molecular formula is C20H25N. The minimum absolute atomic E-state index is 0.177. The first kappa shape index (κ1) is 14.3. The van der Waals surface area contributed by atoms with Gasteiger partial charge in [0, 0.05) is 6.04 Å². The van der Waals surface area contributed by atoms with Gasteiger partial charge in [-0.05, 0) is 53.4 Å². The second kappa shape index (κ2) is 6.03. The van der Waals surface area contributed by atoms with Crippen LogP contribution in [0.4, 0.5) is 0 Å². The fraction of sp³-hybridized carbons (Fsp3) is 0.400. The van der Waals surface area contributed by atoms with Gasteiger partial charge in [0.15, 0.2) is 0 Å². The largest absolute Gasteiger partial charge is 0.324 e. The Morgan fingerprint density at radius 3 is 2.48 bits per heavy atom. The maximum Gasteiger partial charge on any atom is 0.0332 e. The van der Waals surface area contributed by atoms with Gasteiger partial charge < -0.3 is 5.73 Å². The minimum atomic E-state index is 0.177. The number of aryl methyl sites for hydroxylation is 2. The fourth-order valence-electron chi connectivity index (χ4n) is 3.42. The quantitative estimate of drug-likeness (QED) is 0.849. The van der Waals surface area contributed by atoms with Crippen molar-refractivity contribution >= 4 is 0 Å². The molecule has 21 heavy (non-hydrogen) atoms. The molecule has 1 aliphatic carbocycles. The standard InChI is InChI=1S/C20H25N/c1-3-14-10-11-15(4-2)18(12-14)20(21)19-13-17(19)16-8-6-5-7-9-16/h5-12,17,19-20H,3-4,13,21H2,1-2H3. The van der Waals surface area contributed by atoms with Gasteiger partial charge in [-0.25, -0.2) is 0 Å². The summed E-state index contributed by atoms with van der Waals surface area (Å²) < 4.78 is 0. The van der Waals surface area contributed by atoms with Crippen molar-refractivity contribution in [2.24, 2.45) is 11.7 Å². The van der Waals surface area contributed by atoms with Crippen LogP contribution in [0.3, 0.4) is 0 Å². The molecule has 1 aliphatic rings. The van der Waals surface area contributed by atoms with E-state index in [-0.39, 0.29) is 6.04 Å². The molecule has 2 aromatic carbocycles. The van der Waals surface area contributed by atoms with Gasteiger partial charge in [0.1, 0.15) is 0 Å². The van der Waals surface area contributed by atoms with Crippen LogP contribution in [0.2, 0.25) is 0 Å². The molecule has 0 aliphatic heterocycles. The van der Waals surface area contributed by atoms with E-state index in [2.05, 4.69) is 62.4 Å². The monoisotopic (exact) mass is 279 g/mol. The lowest BCUT2D eigenvalue weighted by Crippen LogP contribution is -2.16. The Morgan fingerprint density at radius 1 is 1.05 bits per heavy atom.